The Morgan fingerprint density at radius 1 is 0.706 bits per heavy atom. The van der Waals surface area contributed by atoms with E-state index in [0.29, 0.717) is 28.6 Å². The number of benzene rings is 4. The normalized spacial score (nSPS) is 10.5. The second kappa shape index (κ2) is 11.0. The van der Waals surface area contributed by atoms with Crippen molar-refractivity contribution in [3.8, 4) is 28.7 Å². The molecular weight excluding hydrogens is 435 g/mol. The summed E-state index contributed by atoms with van der Waals surface area (Å²) in [6, 6.07) is 28.6. The molecule has 0 amide bonds. The highest BCUT2D eigenvalue weighted by Crippen LogP contribution is 2.31. The van der Waals surface area contributed by atoms with Crippen molar-refractivity contribution in [3.05, 3.63) is 114 Å². The molecule has 0 aliphatic carbocycles. The van der Waals surface area contributed by atoms with Crippen LogP contribution in [-0.2, 0) is 17.8 Å². The van der Waals surface area contributed by atoms with Gasteiger partial charge in [-0.3, -0.25) is 4.79 Å². The molecule has 0 aliphatic heterocycles. The van der Waals surface area contributed by atoms with Gasteiger partial charge < -0.3 is 19.3 Å². The molecule has 34 heavy (non-hydrogen) atoms. The monoisotopic (exact) mass is 458 g/mol. The van der Waals surface area contributed by atoms with E-state index in [4.69, 9.17) is 19.3 Å². The van der Waals surface area contributed by atoms with Crippen molar-refractivity contribution in [2.45, 2.75) is 19.4 Å². The lowest BCUT2D eigenvalue weighted by molar-refractivity contribution is -0.136. The number of hydrogen-bond donors (Lipinski definition) is 1. The van der Waals surface area contributed by atoms with Crippen LogP contribution < -0.4 is 14.2 Å². The highest BCUT2D eigenvalue weighted by Gasteiger charge is 2.10. The molecule has 0 spiro atoms. The van der Waals surface area contributed by atoms with Crippen LogP contribution >= 0.6 is 0 Å². The van der Waals surface area contributed by atoms with E-state index >= 15 is 0 Å². The lowest BCUT2D eigenvalue weighted by Crippen LogP contribution is -2.01. The SMILES string of the molecule is O=C(O)CCc1ccc(OCc2cc(Oc3ccccc3)cc(Oc3ccccc3)c2)c(F)c1. The molecule has 0 aliphatic rings. The highest BCUT2D eigenvalue weighted by atomic mass is 19.1. The number of carbonyl (C=O) groups is 1. The van der Waals surface area contributed by atoms with Gasteiger partial charge in [-0.1, -0.05) is 42.5 Å². The van der Waals surface area contributed by atoms with E-state index in [0.717, 1.165) is 5.56 Å². The zero-order valence-corrected chi connectivity index (χ0v) is 18.3. The third-order valence-corrected chi connectivity index (χ3v) is 4.92. The fourth-order valence-electron chi connectivity index (χ4n) is 3.31. The van der Waals surface area contributed by atoms with Crippen molar-refractivity contribution in [1.29, 1.82) is 0 Å². The molecule has 0 bridgehead atoms. The Morgan fingerprint density at radius 2 is 1.29 bits per heavy atom. The number of aryl methyl sites for hydroxylation is 1. The summed E-state index contributed by atoms with van der Waals surface area (Å²) in [5.74, 6) is 1.08. The van der Waals surface area contributed by atoms with Gasteiger partial charge in [0.05, 0.1) is 0 Å². The Balaban J connectivity index is 1.52. The van der Waals surface area contributed by atoms with Crippen molar-refractivity contribution >= 4 is 5.97 Å². The molecule has 6 heteroatoms. The molecular formula is C28H23FO5. The second-order valence-electron chi connectivity index (χ2n) is 7.59. The fourth-order valence-corrected chi connectivity index (χ4v) is 3.31. The number of para-hydroxylation sites is 2. The van der Waals surface area contributed by atoms with E-state index in [1.807, 2.05) is 72.8 Å². The molecule has 0 unspecified atom stereocenters. The first-order valence-corrected chi connectivity index (χ1v) is 10.8. The first-order chi connectivity index (χ1) is 16.5. The van der Waals surface area contributed by atoms with Gasteiger partial charge in [-0.25, -0.2) is 4.39 Å². The van der Waals surface area contributed by atoms with E-state index in [-0.39, 0.29) is 25.2 Å². The van der Waals surface area contributed by atoms with Crippen LogP contribution in [0.4, 0.5) is 4.39 Å². The number of carboxylic acid groups (broad SMARTS) is 1. The predicted octanol–water partition coefficient (Wildman–Crippen LogP) is 7.01. The number of ether oxygens (including phenoxy) is 3. The van der Waals surface area contributed by atoms with Crippen LogP contribution in [0.3, 0.4) is 0 Å². The number of rotatable bonds is 10. The average molecular weight is 458 g/mol. The fraction of sp³-hybridized carbons (Fsp3) is 0.107. The van der Waals surface area contributed by atoms with E-state index in [1.165, 1.54) is 12.1 Å². The molecule has 0 heterocycles. The van der Waals surface area contributed by atoms with Gasteiger partial charge >= 0.3 is 5.97 Å². The third-order valence-electron chi connectivity index (χ3n) is 4.92. The standard InChI is InChI=1S/C28H23FO5/c29-26-17-20(12-14-28(30)31)11-13-27(26)32-19-21-15-24(33-22-7-3-1-4-8-22)18-25(16-21)34-23-9-5-2-6-10-23/h1-11,13,15-18H,12,14,19H2,(H,30,31). The van der Waals surface area contributed by atoms with E-state index in [2.05, 4.69) is 0 Å². The zero-order valence-electron chi connectivity index (χ0n) is 18.3. The van der Waals surface area contributed by atoms with Gasteiger partial charge in [0.15, 0.2) is 11.6 Å². The van der Waals surface area contributed by atoms with Crippen molar-refractivity contribution < 1.29 is 28.5 Å². The van der Waals surface area contributed by atoms with E-state index in [9.17, 15) is 9.18 Å². The average Bonchev–Trinajstić information content (AvgIpc) is 2.83. The summed E-state index contributed by atoms with van der Waals surface area (Å²) in [5, 5.41) is 8.80. The quantitative estimate of drug-likeness (QED) is 0.277. The molecule has 5 nitrogen and oxygen atoms in total. The van der Waals surface area contributed by atoms with Gasteiger partial charge in [0.25, 0.3) is 0 Å². The third kappa shape index (κ3) is 6.59. The van der Waals surface area contributed by atoms with E-state index < -0.39 is 11.8 Å². The van der Waals surface area contributed by atoms with Crippen molar-refractivity contribution in [3.63, 3.8) is 0 Å². The van der Waals surface area contributed by atoms with Crippen LogP contribution in [0, 0.1) is 5.82 Å². The highest BCUT2D eigenvalue weighted by molar-refractivity contribution is 5.67. The van der Waals surface area contributed by atoms with Gasteiger partial charge in [0, 0.05) is 12.5 Å². The summed E-state index contributed by atoms with van der Waals surface area (Å²) in [6.45, 7) is 0.0858. The lowest BCUT2D eigenvalue weighted by Gasteiger charge is -2.13. The van der Waals surface area contributed by atoms with Gasteiger partial charge in [0.2, 0.25) is 0 Å². The maximum absolute atomic E-state index is 14.5. The summed E-state index contributed by atoms with van der Waals surface area (Å²) in [4.78, 5) is 10.7. The van der Waals surface area contributed by atoms with Crippen LogP contribution in [0.2, 0.25) is 0 Å². The van der Waals surface area contributed by atoms with Crippen molar-refractivity contribution in [2.75, 3.05) is 0 Å². The predicted molar refractivity (Wildman–Crippen MR) is 126 cm³/mol. The number of halogens is 1. The molecule has 4 aromatic rings. The Labute approximate surface area is 197 Å². The minimum absolute atomic E-state index is 0.0575. The number of carboxylic acids is 1. The van der Waals surface area contributed by atoms with Crippen LogP contribution in [0.25, 0.3) is 0 Å². The Hall–Kier alpha value is -4.32. The van der Waals surface area contributed by atoms with Crippen molar-refractivity contribution in [2.24, 2.45) is 0 Å². The van der Waals surface area contributed by atoms with Crippen LogP contribution in [0.5, 0.6) is 28.7 Å². The molecule has 0 saturated heterocycles. The van der Waals surface area contributed by atoms with Gasteiger partial charge in [0.1, 0.15) is 29.6 Å². The van der Waals surface area contributed by atoms with Crippen LogP contribution in [0.1, 0.15) is 17.5 Å². The summed E-state index contributed by atoms with van der Waals surface area (Å²) < 4.78 is 32.2. The summed E-state index contributed by atoms with van der Waals surface area (Å²) in [5.41, 5.74) is 1.33. The van der Waals surface area contributed by atoms with E-state index in [1.54, 1.807) is 12.1 Å². The molecule has 4 aromatic carbocycles. The van der Waals surface area contributed by atoms with Crippen LogP contribution in [-0.4, -0.2) is 11.1 Å². The molecule has 1 N–H and O–H groups in total. The Bertz CT molecular complexity index is 1180. The summed E-state index contributed by atoms with van der Waals surface area (Å²) in [7, 11) is 0. The topological polar surface area (TPSA) is 65.0 Å². The number of hydrogen-bond acceptors (Lipinski definition) is 4. The Kier molecular flexibility index (Phi) is 7.40. The maximum Gasteiger partial charge on any atom is 0.303 e. The summed E-state index contributed by atoms with van der Waals surface area (Å²) >= 11 is 0. The summed E-state index contributed by atoms with van der Waals surface area (Å²) in [6.07, 6.45) is 0.198. The first kappa shape index (κ1) is 22.9. The number of aliphatic carboxylic acids is 1. The largest absolute Gasteiger partial charge is 0.486 e. The molecule has 0 fully saturated rings. The maximum atomic E-state index is 14.5. The zero-order chi connectivity index (χ0) is 23.8. The van der Waals surface area contributed by atoms with Gasteiger partial charge in [-0.05, 0) is 66.1 Å². The minimum atomic E-state index is -0.924. The molecule has 172 valence electrons. The van der Waals surface area contributed by atoms with Crippen molar-refractivity contribution in [1.82, 2.24) is 0 Å². The second-order valence-corrected chi connectivity index (χ2v) is 7.59. The molecule has 0 aromatic heterocycles. The molecule has 4 rings (SSSR count). The molecule has 0 radical (unpaired) electrons. The van der Waals surface area contributed by atoms with Gasteiger partial charge in [-0.15, -0.1) is 0 Å². The first-order valence-electron chi connectivity index (χ1n) is 10.8. The smallest absolute Gasteiger partial charge is 0.303 e. The Morgan fingerprint density at radius 3 is 1.82 bits per heavy atom. The molecule has 0 atom stereocenters. The minimum Gasteiger partial charge on any atom is -0.486 e. The lowest BCUT2D eigenvalue weighted by atomic mass is 10.1. The van der Waals surface area contributed by atoms with Gasteiger partial charge in [-0.2, -0.15) is 0 Å². The van der Waals surface area contributed by atoms with Crippen LogP contribution in [0.15, 0.2) is 97.1 Å². The molecule has 0 saturated carbocycles.